The molecule has 2 aromatic rings. The number of nitrogens with zero attached hydrogens (tertiary/aromatic N) is 4. The van der Waals surface area contributed by atoms with Crippen molar-refractivity contribution in [1.82, 2.24) is 9.88 Å². The Bertz CT molecular complexity index is 936. The summed E-state index contributed by atoms with van der Waals surface area (Å²) in [6, 6.07) is 3.80. The van der Waals surface area contributed by atoms with Gasteiger partial charge in [-0.3, -0.25) is 15.0 Å². The Morgan fingerprint density at radius 2 is 2.00 bits per heavy atom. The van der Waals surface area contributed by atoms with Gasteiger partial charge in [0.05, 0.1) is 20.5 Å². The molecule has 3 rings (SSSR count). The maximum absolute atomic E-state index is 11.5. The minimum absolute atomic E-state index is 0.248. The average molecular weight is 412 g/mol. The molecule has 0 atom stereocenters. The summed E-state index contributed by atoms with van der Waals surface area (Å²) >= 11 is 1.66. The second-order valence-electron chi connectivity index (χ2n) is 6.30. The highest BCUT2D eigenvalue weighted by molar-refractivity contribution is 7.89. The van der Waals surface area contributed by atoms with E-state index in [0.717, 1.165) is 42.8 Å². The smallest absolute Gasteiger partial charge is 0.293 e. The Morgan fingerprint density at radius 3 is 2.56 bits per heavy atom. The van der Waals surface area contributed by atoms with Crippen molar-refractivity contribution in [2.75, 3.05) is 31.1 Å². The molecule has 0 unspecified atom stereocenters. The summed E-state index contributed by atoms with van der Waals surface area (Å²) in [5.74, 6) is 0. The number of rotatable bonds is 6. The van der Waals surface area contributed by atoms with Crippen LogP contribution in [0.25, 0.3) is 0 Å². The Hall–Kier alpha value is -2.08. The van der Waals surface area contributed by atoms with Crippen molar-refractivity contribution in [2.24, 2.45) is 5.14 Å². The minimum Gasteiger partial charge on any atom is -0.363 e. The predicted molar refractivity (Wildman–Crippen MR) is 103 cm³/mol. The van der Waals surface area contributed by atoms with Gasteiger partial charge in [0.15, 0.2) is 0 Å². The number of hydrogen-bond donors (Lipinski definition) is 1. The summed E-state index contributed by atoms with van der Waals surface area (Å²) in [4.78, 5) is 19.3. The molecule has 1 aromatic carbocycles. The zero-order chi connectivity index (χ0) is 19.6. The van der Waals surface area contributed by atoms with Crippen LogP contribution in [0.3, 0.4) is 0 Å². The molecule has 2 N–H and O–H groups in total. The van der Waals surface area contributed by atoms with Gasteiger partial charge in [0.2, 0.25) is 10.0 Å². The van der Waals surface area contributed by atoms with Gasteiger partial charge in [0, 0.05) is 44.2 Å². The molecule has 0 radical (unpaired) electrons. The largest absolute Gasteiger partial charge is 0.363 e. The molecule has 2 heterocycles. The number of anilines is 1. The molecule has 0 bridgehead atoms. The number of aryl methyl sites for hydroxylation is 1. The lowest BCUT2D eigenvalue weighted by Gasteiger charge is -2.35. The molecule has 27 heavy (non-hydrogen) atoms. The van der Waals surface area contributed by atoms with Crippen LogP contribution in [0.4, 0.5) is 11.4 Å². The van der Waals surface area contributed by atoms with Gasteiger partial charge in [0.25, 0.3) is 5.69 Å². The highest BCUT2D eigenvalue weighted by Crippen LogP contribution is 2.31. The first-order valence-corrected chi connectivity index (χ1v) is 10.9. The van der Waals surface area contributed by atoms with Crippen LogP contribution in [-0.2, 0) is 23.0 Å². The van der Waals surface area contributed by atoms with Gasteiger partial charge in [-0.1, -0.05) is 6.92 Å². The van der Waals surface area contributed by atoms with Gasteiger partial charge in [-0.05, 0) is 18.6 Å². The third kappa shape index (κ3) is 4.61. The van der Waals surface area contributed by atoms with Gasteiger partial charge in [-0.15, -0.1) is 11.3 Å². The molecule has 11 heteroatoms. The van der Waals surface area contributed by atoms with E-state index in [9.17, 15) is 18.5 Å². The number of nitrogens with two attached hydrogens (primary N) is 1. The van der Waals surface area contributed by atoms with Crippen LogP contribution >= 0.6 is 11.3 Å². The maximum atomic E-state index is 11.5. The molecule has 0 aliphatic carbocycles. The SMILES string of the molecule is CCc1nc(CN2CCN(c3ccc(S(N)(=O)=O)cc3[N+](=O)[O-])CC2)cs1. The first kappa shape index (κ1) is 19.7. The number of benzene rings is 1. The van der Waals surface area contributed by atoms with Crippen molar-refractivity contribution in [3.63, 3.8) is 0 Å². The van der Waals surface area contributed by atoms with Crippen LogP contribution in [0.1, 0.15) is 17.6 Å². The lowest BCUT2D eigenvalue weighted by molar-refractivity contribution is -0.384. The fourth-order valence-electron chi connectivity index (χ4n) is 3.05. The molecule has 1 fully saturated rings. The molecule has 0 spiro atoms. The van der Waals surface area contributed by atoms with Crippen molar-refractivity contribution in [2.45, 2.75) is 24.8 Å². The standard InChI is InChI=1S/C16H21N5O4S2/c1-2-16-18-12(11-26-16)10-19-5-7-20(8-6-19)14-4-3-13(27(17,24)25)9-15(14)21(22)23/h3-4,9,11H,2,5-8,10H2,1H3,(H2,17,24,25). The quantitative estimate of drug-likeness (QED) is 0.565. The summed E-state index contributed by atoms with van der Waals surface area (Å²) < 4.78 is 22.9. The van der Waals surface area contributed by atoms with E-state index in [1.54, 1.807) is 11.3 Å². The van der Waals surface area contributed by atoms with Crippen LogP contribution in [0, 0.1) is 10.1 Å². The van der Waals surface area contributed by atoms with E-state index >= 15 is 0 Å². The summed E-state index contributed by atoms with van der Waals surface area (Å²) in [7, 11) is -3.99. The summed E-state index contributed by atoms with van der Waals surface area (Å²) in [5, 5.41) is 19.7. The molecule has 1 saturated heterocycles. The molecular formula is C16H21N5O4S2. The molecular weight excluding hydrogens is 390 g/mol. The first-order valence-electron chi connectivity index (χ1n) is 8.49. The second kappa shape index (κ2) is 7.89. The zero-order valence-electron chi connectivity index (χ0n) is 14.9. The Kier molecular flexibility index (Phi) is 5.75. The monoisotopic (exact) mass is 411 g/mol. The summed E-state index contributed by atoms with van der Waals surface area (Å²) in [5.41, 5.74) is 1.21. The molecule has 1 aliphatic heterocycles. The molecule has 1 aromatic heterocycles. The Morgan fingerprint density at radius 1 is 1.30 bits per heavy atom. The van der Waals surface area contributed by atoms with E-state index in [1.807, 2.05) is 4.90 Å². The minimum atomic E-state index is -3.99. The van der Waals surface area contributed by atoms with Crippen LogP contribution < -0.4 is 10.0 Å². The van der Waals surface area contributed by atoms with Crippen LogP contribution in [0.15, 0.2) is 28.5 Å². The van der Waals surface area contributed by atoms with E-state index in [4.69, 9.17) is 5.14 Å². The molecule has 0 amide bonds. The van der Waals surface area contributed by atoms with Gasteiger partial charge in [-0.2, -0.15) is 0 Å². The fraction of sp³-hybridized carbons (Fsp3) is 0.438. The normalized spacial score (nSPS) is 15.9. The molecule has 0 saturated carbocycles. The highest BCUT2D eigenvalue weighted by Gasteiger charge is 2.26. The summed E-state index contributed by atoms with van der Waals surface area (Å²) in [6.45, 7) is 5.55. The van der Waals surface area contributed by atoms with Gasteiger partial charge >= 0.3 is 0 Å². The zero-order valence-corrected chi connectivity index (χ0v) is 16.5. The third-order valence-electron chi connectivity index (χ3n) is 4.47. The topological polar surface area (TPSA) is 123 Å². The molecule has 1 aliphatic rings. The van der Waals surface area contributed by atoms with E-state index < -0.39 is 14.9 Å². The van der Waals surface area contributed by atoms with Crippen molar-refractivity contribution < 1.29 is 13.3 Å². The van der Waals surface area contributed by atoms with Crippen LogP contribution in [-0.4, -0.2) is 49.4 Å². The lowest BCUT2D eigenvalue weighted by Crippen LogP contribution is -2.46. The maximum Gasteiger partial charge on any atom is 0.293 e. The predicted octanol–water partition coefficient (Wildman–Crippen LogP) is 1.58. The molecule has 9 nitrogen and oxygen atoms in total. The number of nitro benzene ring substituents is 1. The van der Waals surface area contributed by atoms with Crippen molar-refractivity contribution >= 4 is 32.7 Å². The Labute approximate surface area is 161 Å². The fourth-order valence-corrected chi connectivity index (χ4v) is 4.32. The number of aromatic nitrogens is 1. The Balaban J connectivity index is 1.71. The number of piperazine rings is 1. The lowest BCUT2D eigenvalue weighted by atomic mass is 10.2. The van der Waals surface area contributed by atoms with E-state index in [2.05, 4.69) is 22.2 Å². The van der Waals surface area contributed by atoms with E-state index in [-0.39, 0.29) is 10.6 Å². The number of thiazole rings is 1. The van der Waals surface area contributed by atoms with Crippen LogP contribution in [0.5, 0.6) is 0 Å². The van der Waals surface area contributed by atoms with Crippen molar-refractivity contribution in [3.05, 3.63) is 44.4 Å². The van der Waals surface area contributed by atoms with E-state index in [0.29, 0.717) is 18.8 Å². The van der Waals surface area contributed by atoms with Gasteiger partial charge in [0.1, 0.15) is 5.69 Å². The third-order valence-corrected chi connectivity index (χ3v) is 6.43. The average Bonchev–Trinajstić information content (AvgIpc) is 3.08. The van der Waals surface area contributed by atoms with Gasteiger partial charge < -0.3 is 4.90 Å². The van der Waals surface area contributed by atoms with Crippen molar-refractivity contribution in [1.29, 1.82) is 0 Å². The number of primary sulfonamides is 1. The van der Waals surface area contributed by atoms with Crippen LogP contribution in [0.2, 0.25) is 0 Å². The second-order valence-corrected chi connectivity index (χ2v) is 8.81. The summed E-state index contributed by atoms with van der Waals surface area (Å²) in [6.07, 6.45) is 0.927. The first-order chi connectivity index (χ1) is 12.8. The van der Waals surface area contributed by atoms with Crippen molar-refractivity contribution in [3.8, 4) is 0 Å². The van der Waals surface area contributed by atoms with E-state index in [1.165, 1.54) is 12.1 Å². The highest BCUT2D eigenvalue weighted by atomic mass is 32.2. The van der Waals surface area contributed by atoms with Gasteiger partial charge in [-0.25, -0.2) is 18.5 Å². The number of sulfonamides is 1. The molecule has 146 valence electrons. The number of hydrogen-bond acceptors (Lipinski definition) is 8. The number of nitro groups is 1.